The molecule has 2 fully saturated rings. The summed E-state index contributed by atoms with van der Waals surface area (Å²) < 4.78 is 12.1. The molecular weight excluding hydrogens is 330 g/mol. The average Bonchev–Trinajstić information content (AvgIpc) is 2.61. The third-order valence-corrected chi connectivity index (χ3v) is 5.83. The van der Waals surface area contributed by atoms with Crippen molar-refractivity contribution >= 4 is 0 Å². The summed E-state index contributed by atoms with van der Waals surface area (Å²) in [7, 11) is 0. The second-order valence-electron chi connectivity index (χ2n) is 8.89. The van der Waals surface area contributed by atoms with Crippen molar-refractivity contribution in [3.63, 3.8) is 0 Å². The smallest absolute Gasteiger partial charge is 0.168 e. The summed E-state index contributed by atoms with van der Waals surface area (Å²) in [6, 6.07) is 7.43. The topological polar surface area (TPSA) is 71.0 Å². The molecule has 0 aromatic heterocycles. The number of aromatic hydroxyl groups is 1. The zero-order chi connectivity index (χ0) is 18.8. The van der Waals surface area contributed by atoms with Crippen LogP contribution in [-0.4, -0.2) is 41.4 Å². The molecule has 1 saturated carbocycles. The summed E-state index contributed by atoms with van der Waals surface area (Å²) in [6.45, 7) is 8.59. The van der Waals surface area contributed by atoms with E-state index in [4.69, 9.17) is 9.47 Å². The van der Waals surface area contributed by atoms with Gasteiger partial charge in [-0.25, -0.2) is 0 Å². The largest absolute Gasteiger partial charge is 0.508 e. The van der Waals surface area contributed by atoms with E-state index in [0.717, 1.165) is 44.6 Å². The Bertz CT molecular complexity index is 579. The number of rotatable bonds is 5. The van der Waals surface area contributed by atoms with Gasteiger partial charge in [0.05, 0.1) is 18.8 Å². The maximum absolute atomic E-state index is 10.9. The van der Waals surface area contributed by atoms with Crippen LogP contribution in [0.5, 0.6) is 5.75 Å². The van der Waals surface area contributed by atoms with Crippen LogP contribution in [0.3, 0.4) is 0 Å². The summed E-state index contributed by atoms with van der Waals surface area (Å²) in [6.07, 6.45) is 3.66. The molecule has 5 heteroatoms. The Morgan fingerprint density at radius 1 is 1.04 bits per heavy atom. The van der Waals surface area contributed by atoms with Crippen LogP contribution in [0.2, 0.25) is 0 Å². The summed E-state index contributed by atoms with van der Waals surface area (Å²) in [4.78, 5) is 0. The van der Waals surface area contributed by atoms with E-state index in [0.29, 0.717) is 12.8 Å². The Balaban J connectivity index is 1.44. The van der Waals surface area contributed by atoms with Crippen LogP contribution in [-0.2, 0) is 9.47 Å². The number of aliphatic hydroxyl groups is 1. The molecule has 3 N–H and O–H groups in total. The van der Waals surface area contributed by atoms with Gasteiger partial charge in [0, 0.05) is 24.3 Å². The molecule has 1 aromatic rings. The van der Waals surface area contributed by atoms with E-state index < -0.39 is 11.4 Å². The molecule has 146 valence electrons. The Hall–Kier alpha value is -1.14. The first-order valence-corrected chi connectivity index (χ1v) is 9.74. The predicted molar refractivity (Wildman–Crippen MR) is 101 cm³/mol. The molecule has 0 unspecified atom stereocenters. The Kier molecular flexibility index (Phi) is 5.63. The van der Waals surface area contributed by atoms with Gasteiger partial charge in [-0.05, 0) is 50.4 Å². The number of hydrogen-bond acceptors (Lipinski definition) is 5. The number of nitrogens with one attached hydrogen (secondary N) is 1. The standard InChI is InChI=1S/C21H33NO4/c1-16(17-4-6-18(23)7-5-17)22-13-12-20(24)8-10-21(11-9-20)25-14-19(2,3)15-26-21/h4-7,16,22-24H,8-15H2,1-3H3/t16-/m0/s1. The van der Waals surface area contributed by atoms with Crippen molar-refractivity contribution in [1.82, 2.24) is 5.32 Å². The molecule has 1 saturated heterocycles. The van der Waals surface area contributed by atoms with Crippen molar-refractivity contribution in [3.05, 3.63) is 29.8 Å². The molecule has 1 aliphatic heterocycles. The molecule has 1 spiro atoms. The molecule has 26 heavy (non-hydrogen) atoms. The maximum atomic E-state index is 10.9. The van der Waals surface area contributed by atoms with Crippen LogP contribution in [0, 0.1) is 5.41 Å². The molecule has 3 rings (SSSR count). The Morgan fingerprint density at radius 3 is 2.19 bits per heavy atom. The monoisotopic (exact) mass is 363 g/mol. The average molecular weight is 363 g/mol. The van der Waals surface area contributed by atoms with E-state index in [2.05, 4.69) is 26.1 Å². The van der Waals surface area contributed by atoms with E-state index in [-0.39, 0.29) is 17.2 Å². The van der Waals surface area contributed by atoms with Crippen LogP contribution >= 0.6 is 0 Å². The van der Waals surface area contributed by atoms with Crippen LogP contribution < -0.4 is 5.32 Å². The predicted octanol–water partition coefficient (Wildman–Crippen LogP) is 3.51. The van der Waals surface area contributed by atoms with Gasteiger partial charge in [0.25, 0.3) is 0 Å². The summed E-state index contributed by atoms with van der Waals surface area (Å²) in [5, 5.41) is 23.8. The molecule has 2 aliphatic rings. The van der Waals surface area contributed by atoms with Crippen LogP contribution in [0.25, 0.3) is 0 Å². The maximum Gasteiger partial charge on any atom is 0.168 e. The lowest BCUT2D eigenvalue weighted by atomic mass is 9.78. The molecule has 1 aromatic carbocycles. The molecule has 1 heterocycles. The Labute approximate surface area is 156 Å². The molecule has 5 nitrogen and oxygen atoms in total. The van der Waals surface area contributed by atoms with Crippen molar-refractivity contribution in [2.24, 2.45) is 5.41 Å². The Morgan fingerprint density at radius 2 is 1.62 bits per heavy atom. The van der Waals surface area contributed by atoms with Gasteiger partial charge in [-0.1, -0.05) is 26.0 Å². The molecular formula is C21H33NO4. The van der Waals surface area contributed by atoms with Gasteiger partial charge in [0.15, 0.2) is 5.79 Å². The SMILES string of the molecule is C[C@H](NCCC1(O)CCC2(CC1)OCC(C)(C)CO2)c1ccc(O)cc1. The van der Waals surface area contributed by atoms with Gasteiger partial charge in [-0.3, -0.25) is 0 Å². The normalized spacial score (nSPS) is 25.1. The highest BCUT2D eigenvalue weighted by Gasteiger charge is 2.46. The molecule has 0 radical (unpaired) electrons. The highest BCUT2D eigenvalue weighted by molar-refractivity contribution is 5.27. The molecule has 1 aliphatic carbocycles. The first-order chi connectivity index (χ1) is 12.2. The minimum atomic E-state index is -0.646. The van der Waals surface area contributed by atoms with E-state index in [1.807, 2.05) is 12.1 Å². The fourth-order valence-corrected chi connectivity index (χ4v) is 3.77. The minimum Gasteiger partial charge on any atom is -0.508 e. The van der Waals surface area contributed by atoms with E-state index in [1.165, 1.54) is 0 Å². The number of phenols is 1. The van der Waals surface area contributed by atoms with Crippen molar-refractivity contribution in [3.8, 4) is 5.75 Å². The minimum absolute atomic E-state index is 0.0767. The fraction of sp³-hybridized carbons (Fsp3) is 0.714. The van der Waals surface area contributed by atoms with Crippen molar-refractivity contribution in [1.29, 1.82) is 0 Å². The van der Waals surface area contributed by atoms with Gasteiger partial charge in [0.2, 0.25) is 0 Å². The lowest BCUT2D eigenvalue weighted by Crippen LogP contribution is -2.52. The third-order valence-electron chi connectivity index (χ3n) is 5.83. The van der Waals surface area contributed by atoms with Gasteiger partial charge in [0.1, 0.15) is 5.75 Å². The zero-order valence-corrected chi connectivity index (χ0v) is 16.3. The van der Waals surface area contributed by atoms with E-state index in [1.54, 1.807) is 12.1 Å². The molecule has 0 amide bonds. The van der Waals surface area contributed by atoms with Crippen molar-refractivity contribution < 1.29 is 19.7 Å². The third kappa shape index (κ3) is 4.77. The van der Waals surface area contributed by atoms with Gasteiger partial charge >= 0.3 is 0 Å². The molecule has 1 atom stereocenters. The van der Waals surface area contributed by atoms with Gasteiger partial charge < -0.3 is 25.0 Å². The summed E-state index contributed by atoms with van der Waals surface area (Å²) >= 11 is 0. The summed E-state index contributed by atoms with van der Waals surface area (Å²) in [5.74, 6) is -0.198. The van der Waals surface area contributed by atoms with E-state index >= 15 is 0 Å². The zero-order valence-electron chi connectivity index (χ0n) is 16.3. The first-order valence-electron chi connectivity index (χ1n) is 9.74. The number of ether oxygens (including phenoxy) is 2. The first kappa shape index (κ1) is 19.6. The second kappa shape index (κ2) is 7.47. The van der Waals surface area contributed by atoms with Crippen LogP contribution in [0.15, 0.2) is 24.3 Å². The number of hydrogen-bond donors (Lipinski definition) is 3. The quantitative estimate of drug-likeness (QED) is 0.747. The van der Waals surface area contributed by atoms with Crippen LogP contribution in [0.1, 0.15) is 64.5 Å². The lowest BCUT2D eigenvalue weighted by molar-refractivity contribution is -0.319. The second-order valence-corrected chi connectivity index (χ2v) is 8.89. The van der Waals surface area contributed by atoms with Crippen molar-refractivity contribution in [2.75, 3.05) is 19.8 Å². The number of phenolic OH excluding ortho intramolecular Hbond substituents is 1. The fourth-order valence-electron chi connectivity index (χ4n) is 3.77. The number of benzene rings is 1. The highest BCUT2D eigenvalue weighted by atomic mass is 16.7. The summed E-state index contributed by atoms with van der Waals surface area (Å²) in [5.41, 5.74) is 0.559. The highest BCUT2D eigenvalue weighted by Crippen LogP contribution is 2.43. The van der Waals surface area contributed by atoms with Crippen LogP contribution in [0.4, 0.5) is 0 Å². The van der Waals surface area contributed by atoms with E-state index in [9.17, 15) is 10.2 Å². The van der Waals surface area contributed by atoms with Gasteiger partial charge in [-0.15, -0.1) is 0 Å². The lowest BCUT2D eigenvalue weighted by Gasteiger charge is -2.48. The van der Waals surface area contributed by atoms with Gasteiger partial charge in [-0.2, -0.15) is 0 Å². The van der Waals surface area contributed by atoms with Crippen molar-refractivity contribution in [2.45, 2.75) is 70.3 Å². The molecule has 0 bridgehead atoms.